The highest BCUT2D eigenvalue weighted by Gasteiger charge is 2.05. The van der Waals surface area contributed by atoms with Crippen molar-refractivity contribution in [2.45, 2.75) is 6.54 Å². The Morgan fingerprint density at radius 3 is 2.60 bits per heavy atom. The smallest absolute Gasteiger partial charge is 0.269 e. The predicted molar refractivity (Wildman–Crippen MR) is 79.7 cm³/mol. The van der Waals surface area contributed by atoms with Crippen LogP contribution < -0.4 is 10.6 Å². The van der Waals surface area contributed by atoms with Gasteiger partial charge in [-0.3, -0.25) is 4.79 Å². The molecule has 2 rings (SSSR count). The molecule has 0 fully saturated rings. The molecule has 1 aromatic carbocycles. The summed E-state index contributed by atoms with van der Waals surface area (Å²) in [5, 5.41) is 6.58. The van der Waals surface area contributed by atoms with E-state index in [9.17, 15) is 4.79 Å². The van der Waals surface area contributed by atoms with E-state index in [0.29, 0.717) is 23.8 Å². The minimum Gasteiger partial charge on any atom is -0.349 e. The third-order valence-electron chi connectivity index (χ3n) is 2.72. The van der Waals surface area contributed by atoms with Crippen LogP contribution in [0, 0.1) is 0 Å². The van der Waals surface area contributed by atoms with E-state index in [-0.39, 0.29) is 5.91 Å². The van der Waals surface area contributed by atoms with Crippen LogP contribution in [0.15, 0.2) is 48.7 Å². The Hall–Kier alpha value is -1.91. The molecule has 1 aromatic heterocycles. The number of nitrogens with one attached hydrogen (secondary N) is 2. The Balaban J connectivity index is 1.66. The molecule has 0 saturated heterocycles. The third kappa shape index (κ3) is 4.64. The number of carbonyl (C=O) groups excluding carboxylic acids is 1. The normalized spacial score (nSPS) is 10.2. The first-order valence-electron chi connectivity index (χ1n) is 6.40. The number of benzene rings is 1. The van der Waals surface area contributed by atoms with Crippen LogP contribution in [0.1, 0.15) is 16.1 Å². The molecular weight excluding hydrogens is 274 g/mol. The number of hydrogen-bond acceptors (Lipinski definition) is 3. The first-order valence-corrected chi connectivity index (χ1v) is 6.78. The molecule has 0 saturated carbocycles. The summed E-state index contributed by atoms with van der Waals surface area (Å²) in [5.74, 6) is -0.192. The Labute approximate surface area is 123 Å². The lowest BCUT2D eigenvalue weighted by molar-refractivity contribution is 0.0949. The van der Waals surface area contributed by atoms with E-state index in [1.165, 1.54) is 11.8 Å². The molecule has 0 atom stereocenters. The van der Waals surface area contributed by atoms with Crippen molar-refractivity contribution in [2.75, 3.05) is 13.1 Å². The van der Waals surface area contributed by atoms with Crippen LogP contribution in [-0.4, -0.2) is 24.0 Å². The third-order valence-corrected chi connectivity index (χ3v) is 2.94. The van der Waals surface area contributed by atoms with E-state index >= 15 is 0 Å². The Morgan fingerprint density at radius 2 is 1.90 bits per heavy atom. The number of pyridine rings is 1. The van der Waals surface area contributed by atoms with Crippen LogP contribution in [0.25, 0.3) is 0 Å². The van der Waals surface area contributed by atoms with Gasteiger partial charge in [0.15, 0.2) is 0 Å². The van der Waals surface area contributed by atoms with Crippen molar-refractivity contribution in [1.29, 1.82) is 0 Å². The molecule has 2 aromatic rings. The summed E-state index contributed by atoms with van der Waals surface area (Å²) < 4.78 is 0. The van der Waals surface area contributed by atoms with E-state index in [0.717, 1.165) is 6.54 Å². The summed E-state index contributed by atoms with van der Waals surface area (Å²) in [6, 6.07) is 13.4. The standard InChI is InChI=1S/C15H16ClN3O/c16-13-6-7-14(19-11-13)15(20)18-9-8-17-10-12-4-2-1-3-5-12/h1-7,11,17H,8-10H2,(H,18,20). The fraction of sp³-hybridized carbons (Fsp3) is 0.200. The second kappa shape index (κ2) is 7.62. The van der Waals surface area contributed by atoms with Crippen LogP contribution >= 0.6 is 11.6 Å². The molecule has 0 aliphatic rings. The maximum atomic E-state index is 11.7. The van der Waals surface area contributed by atoms with E-state index in [2.05, 4.69) is 27.8 Å². The van der Waals surface area contributed by atoms with Gasteiger partial charge >= 0.3 is 0 Å². The Morgan fingerprint density at radius 1 is 1.10 bits per heavy atom. The van der Waals surface area contributed by atoms with Crippen molar-refractivity contribution >= 4 is 17.5 Å². The average molecular weight is 290 g/mol. The summed E-state index contributed by atoms with van der Waals surface area (Å²) in [7, 11) is 0. The zero-order valence-corrected chi connectivity index (χ0v) is 11.7. The second-order valence-corrected chi connectivity index (χ2v) is 4.72. The lowest BCUT2D eigenvalue weighted by atomic mass is 10.2. The highest BCUT2D eigenvalue weighted by molar-refractivity contribution is 6.30. The van der Waals surface area contributed by atoms with Crippen LogP contribution in [0.2, 0.25) is 5.02 Å². The number of halogens is 1. The summed E-state index contributed by atoms with van der Waals surface area (Å²) in [6.45, 7) is 2.04. The van der Waals surface area contributed by atoms with Crippen LogP contribution in [0.3, 0.4) is 0 Å². The van der Waals surface area contributed by atoms with Crippen molar-refractivity contribution in [3.63, 3.8) is 0 Å². The number of carbonyl (C=O) groups is 1. The summed E-state index contributed by atoms with van der Waals surface area (Å²) in [6.07, 6.45) is 1.46. The number of amides is 1. The van der Waals surface area contributed by atoms with Gasteiger partial charge in [-0.15, -0.1) is 0 Å². The molecule has 0 aliphatic heterocycles. The molecule has 104 valence electrons. The van der Waals surface area contributed by atoms with E-state index in [1.807, 2.05) is 18.2 Å². The van der Waals surface area contributed by atoms with Gasteiger partial charge < -0.3 is 10.6 Å². The van der Waals surface area contributed by atoms with Crippen molar-refractivity contribution < 1.29 is 4.79 Å². The van der Waals surface area contributed by atoms with Gasteiger partial charge in [0.05, 0.1) is 5.02 Å². The molecule has 0 aliphatic carbocycles. The van der Waals surface area contributed by atoms with Gasteiger partial charge in [-0.25, -0.2) is 4.98 Å². The number of nitrogens with zero attached hydrogens (tertiary/aromatic N) is 1. The van der Waals surface area contributed by atoms with Gasteiger partial charge in [0.1, 0.15) is 5.69 Å². The number of aromatic nitrogens is 1. The summed E-state index contributed by atoms with van der Waals surface area (Å²) >= 11 is 5.72. The molecule has 1 amide bonds. The van der Waals surface area contributed by atoms with Gasteiger partial charge in [-0.05, 0) is 17.7 Å². The SMILES string of the molecule is O=C(NCCNCc1ccccc1)c1ccc(Cl)cn1. The molecule has 0 radical (unpaired) electrons. The molecule has 0 bridgehead atoms. The second-order valence-electron chi connectivity index (χ2n) is 4.28. The highest BCUT2D eigenvalue weighted by Crippen LogP contribution is 2.05. The van der Waals surface area contributed by atoms with Gasteiger partial charge in [-0.2, -0.15) is 0 Å². The predicted octanol–water partition coefficient (Wildman–Crippen LogP) is 2.25. The van der Waals surface area contributed by atoms with Crippen LogP contribution in [0.5, 0.6) is 0 Å². The van der Waals surface area contributed by atoms with E-state index in [4.69, 9.17) is 11.6 Å². The fourth-order valence-corrected chi connectivity index (χ4v) is 1.81. The van der Waals surface area contributed by atoms with E-state index < -0.39 is 0 Å². The lowest BCUT2D eigenvalue weighted by Gasteiger charge is -2.06. The topological polar surface area (TPSA) is 54.0 Å². The van der Waals surface area contributed by atoms with E-state index in [1.54, 1.807) is 12.1 Å². The largest absolute Gasteiger partial charge is 0.349 e. The fourth-order valence-electron chi connectivity index (χ4n) is 1.69. The van der Waals surface area contributed by atoms with Gasteiger partial charge in [0, 0.05) is 25.8 Å². The Kier molecular flexibility index (Phi) is 5.53. The minimum absolute atomic E-state index is 0.192. The molecule has 5 heteroatoms. The van der Waals surface area contributed by atoms with Crippen molar-refractivity contribution in [1.82, 2.24) is 15.6 Å². The molecule has 1 heterocycles. The molecule has 20 heavy (non-hydrogen) atoms. The first kappa shape index (κ1) is 14.5. The summed E-state index contributed by atoms with van der Waals surface area (Å²) in [5.41, 5.74) is 1.59. The maximum Gasteiger partial charge on any atom is 0.269 e. The maximum absolute atomic E-state index is 11.7. The minimum atomic E-state index is -0.192. The average Bonchev–Trinajstić information content (AvgIpc) is 2.48. The van der Waals surface area contributed by atoms with Crippen LogP contribution in [-0.2, 0) is 6.54 Å². The Bertz CT molecular complexity index is 543. The lowest BCUT2D eigenvalue weighted by Crippen LogP contribution is -2.32. The first-order chi connectivity index (χ1) is 9.75. The number of rotatable bonds is 6. The molecule has 2 N–H and O–H groups in total. The quantitative estimate of drug-likeness (QED) is 0.802. The summed E-state index contributed by atoms with van der Waals surface area (Å²) in [4.78, 5) is 15.7. The van der Waals surface area contributed by atoms with Crippen molar-refractivity contribution in [3.8, 4) is 0 Å². The van der Waals surface area contributed by atoms with Crippen LogP contribution in [0.4, 0.5) is 0 Å². The van der Waals surface area contributed by atoms with Gasteiger partial charge in [0.25, 0.3) is 5.91 Å². The molecule has 4 nitrogen and oxygen atoms in total. The van der Waals surface area contributed by atoms with Crippen molar-refractivity contribution in [2.24, 2.45) is 0 Å². The zero-order chi connectivity index (χ0) is 14.2. The molecular formula is C15H16ClN3O. The van der Waals surface area contributed by atoms with Crippen molar-refractivity contribution in [3.05, 3.63) is 64.9 Å². The number of hydrogen-bond donors (Lipinski definition) is 2. The highest BCUT2D eigenvalue weighted by atomic mass is 35.5. The molecule has 0 unspecified atom stereocenters. The zero-order valence-electron chi connectivity index (χ0n) is 11.0. The van der Waals surface area contributed by atoms with Gasteiger partial charge in [-0.1, -0.05) is 41.9 Å². The van der Waals surface area contributed by atoms with Gasteiger partial charge in [0.2, 0.25) is 0 Å². The molecule has 0 spiro atoms. The monoisotopic (exact) mass is 289 g/mol.